The first kappa shape index (κ1) is 12.4. The molecule has 0 amide bonds. The fourth-order valence-corrected chi connectivity index (χ4v) is 3.95. The van der Waals surface area contributed by atoms with Crippen LogP contribution in [0.15, 0.2) is 0 Å². The molecule has 1 N–H and O–H groups in total. The summed E-state index contributed by atoms with van der Waals surface area (Å²) in [5, 5.41) is 3.85. The predicted molar refractivity (Wildman–Crippen MR) is 70.7 cm³/mol. The third-order valence-corrected chi connectivity index (χ3v) is 4.93. The second kappa shape index (κ2) is 6.05. The number of hydrogen-bond acceptors (Lipinski definition) is 1. The van der Waals surface area contributed by atoms with Crippen molar-refractivity contribution < 1.29 is 0 Å². The number of unbranched alkanes of at least 4 members (excludes halogenated alkanes) is 2. The normalized spacial score (nSPS) is 35.4. The predicted octanol–water partition coefficient (Wildman–Crippen LogP) is 4.27. The Labute approximate surface area is 101 Å². The molecule has 1 saturated heterocycles. The van der Waals surface area contributed by atoms with E-state index in [9.17, 15) is 0 Å². The summed E-state index contributed by atoms with van der Waals surface area (Å²) < 4.78 is 0. The van der Waals surface area contributed by atoms with Crippen LogP contribution in [-0.2, 0) is 0 Å². The molecular formula is C15H29N. The maximum atomic E-state index is 3.85. The van der Waals surface area contributed by atoms with Crippen molar-refractivity contribution in [2.75, 3.05) is 6.54 Å². The van der Waals surface area contributed by atoms with Gasteiger partial charge in [0.2, 0.25) is 0 Å². The lowest BCUT2D eigenvalue weighted by atomic mass is 9.65. The van der Waals surface area contributed by atoms with Gasteiger partial charge in [0.25, 0.3) is 0 Å². The van der Waals surface area contributed by atoms with Gasteiger partial charge in [0, 0.05) is 6.04 Å². The molecule has 0 spiro atoms. The Morgan fingerprint density at radius 3 is 2.69 bits per heavy atom. The standard InChI is InChI=1S/C15H29N/c1-2-3-5-10-15-11-6-4-9-14(15)16-13-8-7-12-15/h14,16H,2-13H2,1H3. The molecule has 1 heterocycles. The van der Waals surface area contributed by atoms with E-state index in [1.807, 2.05) is 0 Å². The first-order valence-electron chi connectivity index (χ1n) is 7.61. The lowest BCUT2D eigenvalue weighted by Crippen LogP contribution is -2.46. The van der Waals surface area contributed by atoms with E-state index in [0.29, 0.717) is 5.41 Å². The maximum absolute atomic E-state index is 3.85. The van der Waals surface area contributed by atoms with Crippen LogP contribution < -0.4 is 5.32 Å². The number of rotatable bonds is 4. The summed E-state index contributed by atoms with van der Waals surface area (Å²) in [4.78, 5) is 0. The molecule has 0 aromatic carbocycles. The molecule has 94 valence electrons. The van der Waals surface area contributed by atoms with E-state index in [0.717, 1.165) is 6.04 Å². The first-order chi connectivity index (χ1) is 7.87. The molecule has 0 aromatic rings. The Bertz CT molecular complexity index is 202. The topological polar surface area (TPSA) is 12.0 Å². The van der Waals surface area contributed by atoms with Crippen LogP contribution in [0.5, 0.6) is 0 Å². The van der Waals surface area contributed by atoms with Gasteiger partial charge in [0.15, 0.2) is 0 Å². The Morgan fingerprint density at radius 1 is 1.06 bits per heavy atom. The van der Waals surface area contributed by atoms with Crippen molar-refractivity contribution in [3.63, 3.8) is 0 Å². The summed E-state index contributed by atoms with van der Waals surface area (Å²) in [5.74, 6) is 0. The zero-order valence-corrected chi connectivity index (χ0v) is 11.1. The monoisotopic (exact) mass is 223 g/mol. The minimum atomic E-state index is 0.698. The van der Waals surface area contributed by atoms with Crippen LogP contribution in [0.25, 0.3) is 0 Å². The van der Waals surface area contributed by atoms with E-state index < -0.39 is 0 Å². The molecule has 1 saturated carbocycles. The summed E-state index contributed by atoms with van der Waals surface area (Å²) in [6.45, 7) is 3.60. The number of hydrogen-bond donors (Lipinski definition) is 1. The molecule has 2 aliphatic rings. The van der Waals surface area contributed by atoms with E-state index in [1.165, 1.54) is 77.2 Å². The lowest BCUT2D eigenvalue weighted by molar-refractivity contribution is 0.107. The van der Waals surface area contributed by atoms with E-state index in [1.54, 1.807) is 0 Å². The van der Waals surface area contributed by atoms with Crippen molar-refractivity contribution in [2.45, 2.75) is 83.6 Å². The zero-order valence-electron chi connectivity index (χ0n) is 11.1. The highest BCUT2D eigenvalue weighted by Gasteiger charge is 2.40. The van der Waals surface area contributed by atoms with Crippen LogP contribution in [0.1, 0.15) is 77.6 Å². The second-order valence-electron chi connectivity index (χ2n) is 6.03. The van der Waals surface area contributed by atoms with Crippen molar-refractivity contribution in [2.24, 2.45) is 5.41 Å². The van der Waals surface area contributed by atoms with Gasteiger partial charge < -0.3 is 5.32 Å². The quantitative estimate of drug-likeness (QED) is 0.702. The van der Waals surface area contributed by atoms with Gasteiger partial charge in [-0.15, -0.1) is 0 Å². The van der Waals surface area contributed by atoms with E-state index >= 15 is 0 Å². The van der Waals surface area contributed by atoms with Crippen molar-refractivity contribution in [1.82, 2.24) is 5.32 Å². The Morgan fingerprint density at radius 2 is 1.88 bits per heavy atom. The van der Waals surface area contributed by atoms with Gasteiger partial charge in [-0.05, 0) is 44.1 Å². The molecule has 0 radical (unpaired) electrons. The van der Waals surface area contributed by atoms with Gasteiger partial charge in [0.1, 0.15) is 0 Å². The van der Waals surface area contributed by atoms with Gasteiger partial charge >= 0.3 is 0 Å². The van der Waals surface area contributed by atoms with Crippen LogP contribution in [0.3, 0.4) is 0 Å². The van der Waals surface area contributed by atoms with Crippen LogP contribution >= 0.6 is 0 Å². The molecule has 0 bridgehead atoms. The third kappa shape index (κ3) is 2.80. The third-order valence-electron chi connectivity index (χ3n) is 4.93. The van der Waals surface area contributed by atoms with Crippen molar-refractivity contribution in [3.05, 3.63) is 0 Å². The molecule has 2 atom stereocenters. The van der Waals surface area contributed by atoms with Crippen LogP contribution in [-0.4, -0.2) is 12.6 Å². The first-order valence-corrected chi connectivity index (χ1v) is 7.61. The van der Waals surface area contributed by atoms with Crippen molar-refractivity contribution in [1.29, 1.82) is 0 Å². The fourth-order valence-electron chi connectivity index (χ4n) is 3.95. The zero-order chi connectivity index (χ0) is 11.3. The van der Waals surface area contributed by atoms with Gasteiger partial charge in [0.05, 0.1) is 0 Å². The molecular weight excluding hydrogens is 194 g/mol. The summed E-state index contributed by atoms with van der Waals surface area (Å²) in [7, 11) is 0. The highest BCUT2D eigenvalue weighted by atomic mass is 14.9. The van der Waals surface area contributed by atoms with E-state index in [2.05, 4.69) is 12.2 Å². The molecule has 2 fully saturated rings. The maximum Gasteiger partial charge on any atom is 0.0123 e. The van der Waals surface area contributed by atoms with Gasteiger partial charge in [-0.1, -0.05) is 45.4 Å². The fraction of sp³-hybridized carbons (Fsp3) is 1.00. The molecule has 2 unspecified atom stereocenters. The molecule has 1 aliphatic carbocycles. The van der Waals surface area contributed by atoms with Gasteiger partial charge in [-0.25, -0.2) is 0 Å². The highest BCUT2D eigenvalue weighted by molar-refractivity contribution is 4.95. The van der Waals surface area contributed by atoms with Crippen LogP contribution in [0, 0.1) is 5.41 Å². The average Bonchev–Trinajstić information content (AvgIpc) is 2.52. The Balaban J connectivity index is 1.97. The molecule has 16 heavy (non-hydrogen) atoms. The van der Waals surface area contributed by atoms with Gasteiger partial charge in [-0.2, -0.15) is 0 Å². The highest BCUT2D eigenvalue weighted by Crippen LogP contribution is 2.45. The number of fused-ring (bicyclic) bond motifs is 1. The van der Waals surface area contributed by atoms with E-state index in [-0.39, 0.29) is 0 Å². The smallest absolute Gasteiger partial charge is 0.0123 e. The summed E-state index contributed by atoms with van der Waals surface area (Å²) >= 11 is 0. The molecule has 2 rings (SSSR count). The molecule has 1 heteroatoms. The van der Waals surface area contributed by atoms with Gasteiger partial charge in [-0.3, -0.25) is 0 Å². The largest absolute Gasteiger partial charge is 0.313 e. The Kier molecular flexibility index (Phi) is 4.69. The van der Waals surface area contributed by atoms with Crippen molar-refractivity contribution >= 4 is 0 Å². The second-order valence-corrected chi connectivity index (χ2v) is 6.03. The number of nitrogens with one attached hydrogen (secondary N) is 1. The summed E-state index contributed by atoms with van der Waals surface area (Å²) in [6, 6.07) is 0.862. The average molecular weight is 223 g/mol. The molecule has 1 aliphatic heterocycles. The minimum absolute atomic E-state index is 0.698. The van der Waals surface area contributed by atoms with Crippen molar-refractivity contribution in [3.8, 4) is 0 Å². The molecule has 1 nitrogen and oxygen atoms in total. The van der Waals surface area contributed by atoms with Crippen LogP contribution in [0.4, 0.5) is 0 Å². The minimum Gasteiger partial charge on any atom is -0.313 e. The molecule has 0 aromatic heterocycles. The SMILES string of the molecule is CCCCCC12CCCCNC1CCCC2. The lowest BCUT2D eigenvalue weighted by Gasteiger charge is -2.44. The van der Waals surface area contributed by atoms with E-state index in [4.69, 9.17) is 0 Å². The summed E-state index contributed by atoms with van der Waals surface area (Å²) in [6.07, 6.45) is 16.1. The van der Waals surface area contributed by atoms with Crippen LogP contribution in [0.2, 0.25) is 0 Å². The summed E-state index contributed by atoms with van der Waals surface area (Å²) in [5.41, 5.74) is 0.698. The Hall–Kier alpha value is -0.0400.